The van der Waals surface area contributed by atoms with Crippen LogP contribution in [0.2, 0.25) is 0 Å². The largest absolute Gasteiger partial charge is 0.466 e. The van der Waals surface area contributed by atoms with E-state index in [1.54, 1.807) is 11.3 Å². The van der Waals surface area contributed by atoms with Crippen molar-refractivity contribution in [3.63, 3.8) is 0 Å². The number of para-hydroxylation sites is 1. The predicted octanol–water partition coefficient (Wildman–Crippen LogP) is 5.57. The van der Waals surface area contributed by atoms with Crippen LogP contribution in [0.25, 0.3) is 0 Å². The molecule has 1 aromatic heterocycles. The summed E-state index contributed by atoms with van der Waals surface area (Å²) in [7, 11) is 0. The van der Waals surface area contributed by atoms with Crippen molar-refractivity contribution in [2.75, 3.05) is 0 Å². The number of rotatable bonds is 3. The summed E-state index contributed by atoms with van der Waals surface area (Å²) in [6.45, 7) is 4.36. The lowest BCUT2D eigenvalue weighted by molar-refractivity contribution is -0.111. The van der Waals surface area contributed by atoms with Crippen LogP contribution in [0.5, 0.6) is 5.75 Å². The highest BCUT2D eigenvalue weighted by atomic mass is 79.9. The molecule has 0 radical (unpaired) electrons. The molecule has 120 valence electrons. The Bertz CT molecular complexity index is 772. The Hall–Kier alpha value is -1.33. The zero-order chi connectivity index (χ0) is 16.0. The second-order valence-electron chi connectivity index (χ2n) is 6.28. The summed E-state index contributed by atoms with van der Waals surface area (Å²) in [4.78, 5) is 1.24. The number of halogens is 1. The van der Waals surface area contributed by atoms with Gasteiger partial charge in [-0.15, -0.1) is 11.3 Å². The molecule has 0 bridgehead atoms. The van der Waals surface area contributed by atoms with Crippen LogP contribution >= 0.6 is 27.3 Å². The minimum atomic E-state index is -0.371. The summed E-state index contributed by atoms with van der Waals surface area (Å²) in [6, 6.07) is 12.9. The van der Waals surface area contributed by atoms with E-state index < -0.39 is 0 Å². The van der Waals surface area contributed by atoms with Crippen LogP contribution in [-0.4, -0.2) is 16.4 Å². The molecule has 2 aliphatic heterocycles. The van der Waals surface area contributed by atoms with E-state index in [0.717, 1.165) is 34.5 Å². The predicted molar refractivity (Wildman–Crippen MR) is 98.1 cm³/mol. The highest BCUT2D eigenvalue weighted by molar-refractivity contribution is 9.11. The normalized spacial score (nSPS) is 25.6. The van der Waals surface area contributed by atoms with Gasteiger partial charge in [0.2, 0.25) is 0 Å². The van der Waals surface area contributed by atoms with Gasteiger partial charge in [-0.3, -0.25) is 0 Å². The molecule has 2 unspecified atom stereocenters. The lowest BCUT2D eigenvalue weighted by Crippen LogP contribution is -2.51. The van der Waals surface area contributed by atoms with Crippen molar-refractivity contribution in [3.05, 3.63) is 50.6 Å². The van der Waals surface area contributed by atoms with Gasteiger partial charge in [0.05, 0.1) is 20.4 Å². The van der Waals surface area contributed by atoms with Gasteiger partial charge in [-0.2, -0.15) is 5.10 Å². The third kappa shape index (κ3) is 2.50. The molecule has 3 nitrogen and oxygen atoms in total. The lowest BCUT2D eigenvalue weighted by atomic mass is 9.95. The summed E-state index contributed by atoms with van der Waals surface area (Å²) in [5, 5.41) is 7.18. The summed E-state index contributed by atoms with van der Waals surface area (Å²) >= 11 is 5.30. The minimum Gasteiger partial charge on any atom is -0.466 e. The lowest BCUT2D eigenvalue weighted by Gasteiger charge is -2.45. The maximum absolute atomic E-state index is 6.38. The molecule has 0 saturated heterocycles. The number of ether oxygens (including phenoxy) is 1. The third-order valence-electron chi connectivity index (χ3n) is 4.57. The molecule has 0 spiro atoms. The molecule has 2 aromatic rings. The zero-order valence-electron chi connectivity index (χ0n) is 13.3. The van der Waals surface area contributed by atoms with E-state index in [0.29, 0.717) is 0 Å². The maximum atomic E-state index is 6.38. The van der Waals surface area contributed by atoms with Crippen LogP contribution in [-0.2, 0) is 0 Å². The fraction of sp³-hybridized carbons (Fsp3) is 0.389. The molecule has 1 aromatic carbocycles. The van der Waals surface area contributed by atoms with Crippen LogP contribution < -0.4 is 4.74 Å². The second-order valence-corrected chi connectivity index (χ2v) is 8.74. The molecule has 23 heavy (non-hydrogen) atoms. The Morgan fingerprint density at radius 3 is 2.91 bits per heavy atom. The first-order valence-corrected chi connectivity index (χ1v) is 9.62. The fourth-order valence-corrected chi connectivity index (χ4v) is 4.95. The molecule has 0 N–H and O–H groups in total. The minimum absolute atomic E-state index is 0.271. The van der Waals surface area contributed by atoms with Crippen LogP contribution in [0.3, 0.4) is 0 Å². The molecular weight excluding hydrogens is 372 g/mol. The smallest absolute Gasteiger partial charge is 0.195 e. The van der Waals surface area contributed by atoms with E-state index in [2.05, 4.69) is 65.1 Å². The molecule has 4 rings (SSSR count). The SMILES string of the molecule is CCCC1(C)Oc2ccccc2C2CC(c3ccc(Br)s3)=NN21. The van der Waals surface area contributed by atoms with Crippen molar-refractivity contribution in [2.24, 2.45) is 5.10 Å². The average Bonchev–Trinajstić information content (AvgIpc) is 3.14. The quantitative estimate of drug-likeness (QED) is 0.683. The molecule has 0 saturated carbocycles. The van der Waals surface area contributed by atoms with Crippen molar-refractivity contribution in [1.82, 2.24) is 5.01 Å². The van der Waals surface area contributed by atoms with Gasteiger partial charge in [0.1, 0.15) is 5.75 Å². The number of fused-ring (bicyclic) bond motifs is 3. The molecule has 3 heterocycles. The number of nitrogens with zero attached hydrogens (tertiary/aromatic N) is 2. The molecule has 2 atom stereocenters. The van der Waals surface area contributed by atoms with Crippen LogP contribution in [0.1, 0.15) is 49.6 Å². The van der Waals surface area contributed by atoms with Crippen molar-refractivity contribution in [1.29, 1.82) is 0 Å². The topological polar surface area (TPSA) is 24.8 Å². The first-order valence-electron chi connectivity index (χ1n) is 8.01. The van der Waals surface area contributed by atoms with Gasteiger partial charge in [0.25, 0.3) is 0 Å². The van der Waals surface area contributed by atoms with Gasteiger partial charge in [0, 0.05) is 18.4 Å². The number of thiophene rings is 1. The number of hydrogen-bond donors (Lipinski definition) is 0. The van der Waals surface area contributed by atoms with E-state index in [9.17, 15) is 0 Å². The highest BCUT2D eigenvalue weighted by Gasteiger charge is 2.47. The fourth-order valence-electron chi connectivity index (χ4n) is 3.57. The Balaban J connectivity index is 1.77. The van der Waals surface area contributed by atoms with Crippen molar-refractivity contribution >= 4 is 33.0 Å². The van der Waals surface area contributed by atoms with Crippen molar-refractivity contribution in [3.8, 4) is 5.75 Å². The Morgan fingerprint density at radius 1 is 1.35 bits per heavy atom. The van der Waals surface area contributed by atoms with Crippen LogP contribution in [0.4, 0.5) is 0 Å². The molecule has 5 heteroatoms. The monoisotopic (exact) mass is 390 g/mol. The maximum Gasteiger partial charge on any atom is 0.195 e. The summed E-state index contributed by atoms with van der Waals surface area (Å²) in [5.41, 5.74) is 2.04. The standard InChI is InChI=1S/C18H19BrN2OS/c1-3-10-18(2)21-14(12-6-4-5-7-15(12)22-18)11-13(20-21)16-8-9-17(19)23-16/h4-9,14H,3,10-11H2,1-2H3. The van der Waals surface area contributed by atoms with Gasteiger partial charge in [0.15, 0.2) is 5.72 Å². The van der Waals surface area contributed by atoms with E-state index in [4.69, 9.17) is 9.84 Å². The highest BCUT2D eigenvalue weighted by Crippen LogP contribution is 2.48. The Labute approximate surface area is 149 Å². The van der Waals surface area contributed by atoms with Gasteiger partial charge >= 0.3 is 0 Å². The molecule has 2 aliphatic rings. The van der Waals surface area contributed by atoms with E-state index in [-0.39, 0.29) is 11.8 Å². The Morgan fingerprint density at radius 2 is 2.17 bits per heavy atom. The second kappa shape index (κ2) is 5.64. The number of benzene rings is 1. The first kappa shape index (κ1) is 15.2. The molecule has 0 amide bonds. The summed E-state index contributed by atoms with van der Waals surface area (Å²) < 4.78 is 7.52. The van der Waals surface area contributed by atoms with E-state index in [1.165, 1.54) is 10.4 Å². The zero-order valence-corrected chi connectivity index (χ0v) is 15.7. The van der Waals surface area contributed by atoms with Crippen LogP contribution in [0, 0.1) is 0 Å². The average molecular weight is 391 g/mol. The molecule has 0 aliphatic carbocycles. The third-order valence-corrected chi connectivity index (χ3v) is 6.25. The van der Waals surface area contributed by atoms with Gasteiger partial charge in [-0.05, 0) is 41.1 Å². The van der Waals surface area contributed by atoms with Crippen LogP contribution in [0.15, 0.2) is 45.3 Å². The molecule has 0 fully saturated rings. The van der Waals surface area contributed by atoms with Gasteiger partial charge in [-0.25, -0.2) is 5.01 Å². The van der Waals surface area contributed by atoms with Gasteiger partial charge in [-0.1, -0.05) is 31.5 Å². The Kier molecular flexibility index (Phi) is 3.73. The van der Waals surface area contributed by atoms with Crippen molar-refractivity contribution in [2.45, 2.75) is 44.9 Å². The summed E-state index contributed by atoms with van der Waals surface area (Å²) in [6.07, 6.45) is 2.96. The molecular formula is C18H19BrN2OS. The number of hydrogen-bond acceptors (Lipinski definition) is 4. The summed E-state index contributed by atoms with van der Waals surface area (Å²) in [5.74, 6) is 1.01. The van der Waals surface area contributed by atoms with Gasteiger partial charge < -0.3 is 4.74 Å². The van der Waals surface area contributed by atoms with Crippen molar-refractivity contribution < 1.29 is 4.74 Å². The first-order chi connectivity index (χ1) is 11.1. The van der Waals surface area contributed by atoms with E-state index >= 15 is 0 Å². The number of hydrazone groups is 1. The van der Waals surface area contributed by atoms with E-state index in [1.807, 2.05) is 6.07 Å².